The number of aliphatic hydroxyl groups is 6. The fourth-order valence-electron chi connectivity index (χ4n) is 3.02. The largest absolute Gasteiger partial charge is 0.527 e. The smallest absolute Gasteiger partial charge is 0.508 e. The molecular formula is C18H23O15P. The summed E-state index contributed by atoms with van der Waals surface area (Å²) < 4.78 is 36.7. The molecule has 1 aromatic carbocycles. The number of phenolic OH excluding ortho intramolecular Hbond substituents is 1. The van der Waals surface area contributed by atoms with Crippen molar-refractivity contribution in [2.24, 2.45) is 0 Å². The van der Waals surface area contributed by atoms with E-state index in [1.54, 1.807) is 0 Å². The molecule has 0 spiro atoms. The third kappa shape index (κ3) is 5.78. The number of hydrogen-bond acceptors (Lipinski definition) is 14. The molecule has 15 nitrogen and oxygen atoms in total. The average Bonchev–Trinajstić information content (AvgIpc) is 3.07. The number of esters is 1. The molecule has 16 heteroatoms. The summed E-state index contributed by atoms with van der Waals surface area (Å²) in [5.74, 6) is -3.56. The van der Waals surface area contributed by atoms with Gasteiger partial charge >= 0.3 is 13.8 Å². The second kappa shape index (κ2) is 10.4. The number of phosphoric ester groups is 1. The Morgan fingerprint density at radius 3 is 2.32 bits per heavy atom. The maximum Gasteiger partial charge on any atom is 0.527 e. The van der Waals surface area contributed by atoms with Gasteiger partial charge in [0.25, 0.3) is 5.76 Å². The number of benzene rings is 1. The molecule has 0 aromatic heterocycles. The molecule has 8 N–H and O–H groups in total. The molecule has 0 radical (unpaired) electrons. The predicted octanol–water partition coefficient (Wildman–Crippen LogP) is -2.24. The van der Waals surface area contributed by atoms with Crippen LogP contribution in [0.3, 0.4) is 0 Å². The van der Waals surface area contributed by atoms with Crippen molar-refractivity contribution in [3.63, 3.8) is 0 Å². The highest BCUT2D eigenvalue weighted by molar-refractivity contribution is 7.47. The molecule has 2 aliphatic rings. The molecule has 0 amide bonds. The molecule has 1 saturated heterocycles. The van der Waals surface area contributed by atoms with Crippen molar-refractivity contribution < 1.29 is 73.3 Å². The average molecular weight is 510 g/mol. The van der Waals surface area contributed by atoms with Crippen LogP contribution < -0.4 is 4.74 Å². The van der Waals surface area contributed by atoms with Crippen molar-refractivity contribution in [3.8, 4) is 11.5 Å². The third-order valence-electron chi connectivity index (χ3n) is 4.82. The molecule has 0 saturated carbocycles. The van der Waals surface area contributed by atoms with E-state index < -0.39 is 81.4 Å². The van der Waals surface area contributed by atoms with Crippen LogP contribution in [0.1, 0.15) is 0 Å². The third-order valence-corrected chi connectivity index (χ3v) is 5.71. The summed E-state index contributed by atoms with van der Waals surface area (Å²) in [7, 11) is -5.17. The van der Waals surface area contributed by atoms with E-state index in [9.17, 15) is 44.9 Å². The Hall–Kier alpha value is -2.46. The number of phenols is 1. The molecule has 2 aliphatic heterocycles. The maximum absolute atomic E-state index is 12.2. The number of ether oxygens (including phenoxy) is 3. The first kappa shape index (κ1) is 26.2. The fraction of sp³-hybridized carbons (Fsp3) is 0.500. The van der Waals surface area contributed by atoms with E-state index in [0.29, 0.717) is 0 Å². The molecule has 0 aliphatic carbocycles. The minimum atomic E-state index is -5.17. The zero-order valence-electron chi connectivity index (χ0n) is 17.1. The van der Waals surface area contributed by atoms with Crippen LogP contribution in [0.4, 0.5) is 0 Å². The Balaban J connectivity index is 1.65. The first-order valence-electron chi connectivity index (χ1n) is 9.69. The summed E-state index contributed by atoms with van der Waals surface area (Å²) in [5.41, 5.74) is 0. The Labute approximate surface area is 191 Å². The van der Waals surface area contributed by atoms with Gasteiger partial charge in [0, 0.05) is 0 Å². The van der Waals surface area contributed by atoms with E-state index in [-0.39, 0.29) is 11.5 Å². The van der Waals surface area contributed by atoms with Crippen molar-refractivity contribution in [1.82, 2.24) is 0 Å². The number of carbonyl (C=O) groups is 1. The molecule has 190 valence electrons. The SMILES string of the molecule is O=C1O[C@H]([C@@H](O)CO)C(O)=C1OP(=O)(O)OC[C@H]1O[C@@H](Oc2ccc(O)cc2)[C@H](O)[C@@H](O)[C@@H]1O. The summed E-state index contributed by atoms with van der Waals surface area (Å²) in [5, 5.41) is 67.9. The van der Waals surface area contributed by atoms with Crippen LogP contribution >= 0.6 is 7.82 Å². The van der Waals surface area contributed by atoms with Crippen molar-refractivity contribution in [2.45, 2.75) is 42.9 Å². The number of carbonyl (C=O) groups excluding carboxylic acids is 1. The Morgan fingerprint density at radius 2 is 1.71 bits per heavy atom. The molecule has 2 heterocycles. The summed E-state index contributed by atoms with van der Waals surface area (Å²) >= 11 is 0. The molecule has 3 rings (SSSR count). The van der Waals surface area contributed by atoms with Crippen LogP contribution in [0.5, 0.6) is 11.5 Å². The van der Waals surface area contributed by atoms with E-state index in [1.807, 2.05) is 0 Å². The number of aliphatic hydroxyl groups excluding tert-OH is 6. The number of rotatable bonds is 9. The first-order valence-corrected chi connectivity index (χ1v) is 11.2. The Morgan fingerprint density at radius 1 is 1.06 bits per heavy atom. The minimum absolute atomic E-state index is 0.0672. The maximum atomic E-state index is 12.2. The Kier molecular flexibility index (Phi) is 8.02. The van der Waals surface area contributed by atoms with Crippen molar-refractivity contribution in [3.05, 3.63) is 35.8 Å². The van der Waals surface area contributed by atoms with Crippen LogP contribution in [0.15, 0.2) is 35.8 Å². The van der Waals surface area contributed by atoms with Crippen molar-refractivity contribution >= 4 is 13.8 Å². The molecule has 34 heavy (non-hydrogen) atoms. The van der Waals surface area contributed by atoms with Gasteiger partial charge in [-0.25, -0.2) is 9.36 Å². The van der Waals surface area contributed by atoms with E-state index in [1.165, 1.54) is 24.3 Å². The van der Waals surface area contributed by atoms with Gasteiger partial charge in [0.2, 0.25) is 6.29 Å². The molecule has 8 atom stereocenters. The van der Waals surface area contributed by atoms with E-state index in [4.69, 9.17) is 14.6 Å². The normalized spacial score (nSPS) is 32.1. The summed E-state index contributed by atoms with van der Waals surface area (Å²) in [6.07, 6.45) is -11.9. The molecule has 1 unspecified atom stereocenters. The van der Waals surface area contributed by atoms with Crippen molar-refractivity contribution in [1.29, 1.82) is 0 Å². The molecule has 0 bridgehead atoms. The van der Waals surface area contributed by atoms with Gasteiger partial charge in [0.1, 0.15) is 42.0 Å². The second-order valence-electron chi connectivity index (χ2n) is 7.27. The van der Waals surface area contributed by atoms with Crippen LogP contribution in [0, 0.1) is 0 Å². The number of aromatic hydroxyl groups is 1. The van der Waals surface area contributed by atoms with Crippen LogP contribution in [-0.4, -0.2) is 103 Å². The number of hydrogen-bond donors (Lipinski definition) is 8. The van der Waals surface area contributed by atoms with Gasteiger partial charge in [-0.15, -0.1) is 0 Å². The molecular weight excluding hydrogens is 487 g/mol. The predicted molar refractivity (Wildman–Crippen MR) is 105 cm³/mol. The topological polar surface area (TPSA) is 242 Å². The summed E-state index contributed by atoms with van der Waals surface area (Å²) in [6, 6.07) is 5.20. The lowest BCUT2D eigenvalue weighted by Gasteiger charge is -2.40. The number of cyclic esters (lactones) is 1. The second-order valence-corrected chi connectivity index (χ2v) is 8.65. The van der Waals surface area contributed by atoms with Crippen LogP contribution in [0.25, 0.3) is 0 Å². The summed E-state index contributed by atoms with van der Waals surface area (Å²) in [4.78, 5) is 21.7. The minimum Gasteiger partial charge on any atom is -0.508 e. The first-order chi connectivity index (χ1) is 15.9. The summed E-state index contributed by atoms with van der Waals surface area (Å²) in [6.45, 7) is -1.82. The highest BCUT2D eigenvalue weighted by Gasteiger charge is 2.47. The lowest BCUT2D eigenvalue weighted by Crippen LogP contribution is -2.60. The van der Waals surface area contributed by atoms with Crippen LogP contribution in [-0.2, 0) is 27.9 Å². The zero-order chi connectivity index (χ0) is 25.2. The highest BCUT2D eigenvalue weighted by Crippen LogP contribution is 2.48. The zero-order valence-corrected chi connectivity index (χ0v) is 18.0. The van der Waals surface area contributed by atoms with Crippen molar-refractivity contribution in [2.75, 3.05) is 13.2 Å². The lowest BCUT2D eigenvalue weighted by molar-refractivity contribution is -0.276. The standard InChI is InChI=1S/C18H23O15P/c19-5-9(21)15-14(25)16(17(26)32-15)33-34(27,28)29-6-10-11(22)12(23)13(24)18(31-10)30-8-3-1-7(20)2-4-8/h1-4,9-13,15,18-25H,5-6H2,(H,27,28)/t9-,10+,11+,12-,13+,15+,18+/m0/s1. The fourth-order valence-corrected chi connectivity index (χ4v) is 3.81. The lowest BCUT2D eigenvalue weighted by atomic mass is 9.99. The van der Waals surface area contributed by atoms with Gasteiger partial charge < -0.3 is 54.5 Å². The van der Waals surface area contributed by atoms with E-state index in [2.05, 4.69) is 13.8 Å². The van der Waals surface area contributed by atoms with Gasteiger partial charge in [-0.05, 0) is 24.3 Å². The van der Waals surface area contributed by atoms with Gasteiger partial charge in [-0.2, -0.15) is 0 Å². The molecule has 1 fully saturated rings. The van der Waals surface area contributed by atoms with E-state index >= 15 is 0 Å². The monoisotopic (exact) mass is 510 g/mol. The van der Waals surface area contributed by atoms with Gasteiger partial charge in [0.15, 0.2) is 11.9 Å². The highest BCUT2D eigenvalue weighted by atomic mass is 31.2. The number of phosphoric acid groups is 1. The van der Waals surface area contributed by atoms with E-state index in [0.717, 1.165) is 0 Å². The van der Waals surface area contributed by atoms with Gasteiger partial charge in [0.05, 0.1) is 13.2 Å². The molecule has 1 aromatic rings. The Bertz CT molecular complexity index is 949. The van der Waals surface area contributed by atoms with Gasteiger partial charge in [-0.1, -0.05) is 0 Å². The van der Waals surface area contributed by atoms with Gasteiger partial charge in [-0.3, -0.25) is 9.42 Å². The van der Waals surface area contributed by atoms with Crippen LogP contribution in [0.2, 0.25) is 0 Å². The quantitative estimate of drug-likeness (QED) is 0.129.